The minimum atomic E-state index is 0.464. The zero-order valence-electron chi connectivity index (χ0n) is 6.02. The third-order valence-corrected chi connectivity index (χ3v) is 1.91. The molecule has 54 valence electrons. The lowest BCUT2D eigenvalue weighted by Gasteiger charge is -2.30. The second-order valence-corrected chi connectivity index (χ2v) is 2.70. The maximum Gasteiger partial charge on any atom is 0.104 e. The summed E-state index contributed by atoms with van der Waals surface area (Å²) in [5.74, 6) is 0. The van der Waals surface area contributed by atoms with E-state index in [4.69, 9.17) is 4.74 Å². The molecule has 1 heterocycles. The Morgan fingerprint density at radius 1 is 1.67 bits per heavy atom. The molecule has 1 rings (SSSR count). The highest BCUT2D eigenvalue weighted by atomic mass is 16.5. The van der Waals surface area contributed by atoms with Gasteiger partial charge in [0.05, 0.1) is 13.1 Å². The number of piperidine rings is 1. The topological polar surface area (TPSA) is 13.7 Å². The standard InChI is InChI=1S/C7H15NO/c1-8-5-3-4-7(6-8)9-2/h7-8H,1,3-6H2,2H3/t7-/m1/s1. The van der Waals surface area contributed by atoms with Gasteiger partial charge in [-0.25, -0.2) is 0 Å². The van der Waals surface area contributed by atoms with Gasteiger partial charge in [-0.2, -0.15) is 7.05 Å². The van der Waals surface area contributed by atoms with Gasteiger partial charge >= 0.3 is 0 Å². The number of methoxy groups -OCH3 is 1. The van der Waals surface area contributed by atoms with Crippen LogP contribution in [0.25, 0.3) is 0 Å². The summed E-state index contributed by atoms with van der Waals surface area (Å²) in [6, 6.07) is 0. The van der Waals surface area contributed by atoms with E-state index in [1.165, 1.54) is 24.3 Å². The van der Waals surface area contributed by atoms with Crippen molar-refractivity contribution >= 4 is 0 Å². The van der Waals surface area contributed by atoms with Crippen molar-refractivity contribution in [2.24, 2.45) is 0 Å². The Kier molecular flexibility index (Phi) is 2.49. The average molecular weight is 129 g/mol. The number of likely N-dealkylation sites (tertiary alicyclic amines) is 1. The van der Waals surface area contributed by atoms with Crippen LogP contribution in [0.5, 0.6) is 0 Å². The van der Waals surface area contributed by atoms with Crippen LogP contribution < -0.4 is 4.90 Å². The summed E-state index contributed by atoms with van der Waals surface area (Å²) in [4.78, 5) is 1.35. The highest BCUT2D eigenvalue weighted by Crippen LogP contribution is 2.00. The third-order valence-electron chi connectivity index (χ3n) is 1.91. The largest absolute Gasteiger partial charge is 0.466 e. The van der Waals surface area contributed by atoms with Crippen LogP contribution in [0.15, 0.2) is 0 Å². The number of hydrogen-bond acceptors (Lipinski definition) is 1. The normalized spacial score (nSPS) is 36.7. The van der Waals surface area contributed by atoms with E-state index < -0.39 is 0 Å². The lowest BCUT2D eigenvalue weighted by molar-refractivity contribution is -0.863. The highest BCUT2D eigenvalue weighted by Gasteiger charge is 2.15. The third kappa shape index (κ3) is 1.95. The fourth-order valence-corrected chi connectivity index (χ4v) is 1.31. The quantitative estimate of drug-likeness (QED) is 0.470. The van der Waals surface area contributed by atoms with E-state index in [0.29, 0.717) is 6.10 Å². The van der Waals surface area contributed by atoms with Crippen molar-refractivity contribution in [3.05, 3.63) is 7.05 Å². The van der Waals surface area contributed by atoms with Gasteiger partial charge in [0.2, 0.25) is 0 Å². The first-order valence-electron chi connectivity index (χ1n) is 3.52. The first-order chi connectivity index (χ1) is 4.33. The molecule has 0 aliphatic carbocycles. The smallest absolute Gasteiger partial charge is 0.104 e. The molecule has 0 amide bonds. The molecular formula is C7H15NO. The minimum absolute atomic E-state index is 0.464. The lowest BCUT2D eigenvalue weighted by atomic mass is 10.1. The molecule has 1 unspecified atom stereocenters. The first kappa shape index (κ1) is 7.03. The van der Waals surface area contributed by atoms with Crippen molar-refractivity contribution in [1.82, 2.24) is 0 Å². The molecule has 0 radical (unpaired) electrons. The summed E-state index contributed by atoms with van der Waals surface area (Å²) in [6.45, 7) is 2.29. The van der Waals surface area contributed by atoms with Crippen LogP contribution in [0.4, 0.5) is 0 Å². The molecule has 2 atom stereocenters. The van der Waals surface area contributed by atoms with Crippen LogP contribution >= 0.6 is 0 Å². The van der Waals surface area contributed by atoms with E-state index >= 15 is 0 Å². The summed E-state index contributed by atoms with van der Waals surface area (Å²) >= 11 is 0. The van der Waals surface area contributed by atoms with Crippen molar-refractivity contribution < 1.29 is 9.64 Å². The number of hydrogen-bond donors (Lipinski definition) is 1. The zero-order chi connectivity index (χ0) is 6.69. The van der Waals surface area contributed by atoms with E-state index in [1.807, 2.05) is 0 Å². The lowest BCUT2D eigenvalue weighted by Crippen LogP contribution is -3.09. The fraction of sp³-hybridized carbons (Fsp3) is 0.857. The maximum atomic E-state index is 5.20. The van der Waals surface area contributed by atoms with Gasteiger partial charge < -0.3 is 9.64 Å². The predicted octanol–water partition coefficient (Wildman–Crippen LogP) is -0.528. The van der Waals surface area contributed by atoms with E-state index in [0.717, 1.165) is 6.54 Å². The van der Waals surface area contributed by atoms with Crippen molar-refractivity contribution in [3.8, 4) is 0 Å². The Morgan fingerprint density at radius 2 is 2.44 bits per heavy atom. The van der Waals surface area contributed by atoms with E-state index in [2.05, 4.69) is 7.05 Å². The summed E-state index contributed by atoms with van der Waals surface area (Å²) in [5, 5.41) is 0. The molecule has 2 nitrogen and oxygen atoms in total. The predicted molar refractivity (Wildman–Crippen MR) is 36.1 cm³/mol. The zero-order valence-corrected chi connectivity index (χ0v) is 6.02. The van der Waals surface area contributed by atoms with Crippen molar-refractivity contribution in [1.29, 1.82) is 0 Å². The molecule has 9 heavy (non-hydrogen) atoms. The number of ether oxygens (including phenoxy) is 1. The van der Waals surface area contributed by atoms with E-state index in [-0.39, 0.29) is 0 Å². The van der Waals surface area contributed by atoms with Crippen molar-refractivity contribution in [3.63, 3.8) is 0 Å². The van der Waals surface area contributed by atoms with E-state index in [9.17, 15) is 0 Å². The van der Waals surface area contributed by atoms with Crippen LogP contribution in [0.1, 0.15) is 12.8 Å². The van der Waals surface area contributed by atoms with Gasteiger partial charge in [-0.05, 0) is 12.8 Å². The molecule has 0 spiro atoms. The fourth-order valence-electron chi connectivity index (χ4n) is 1.31. The second kappa shape index (κ2) is 3.18. The SMILES string of the molecule is [CH2-][NH+]1CCC[C@@H](OC)C1. The second-order valence-electron chi connectivity index (χ2n) is 2.70. The summed E-state index contributed by atoms with van der Waals surface area (Å²) in [7, 11) is 5.71. The molecule has 1 N–H and O–H groups in total. The molecule has 2 heteroatoms. The van der Waals surface area contributed by atoms with Gasteiger partial charge in [-0.1, -0.05) is 0 Å². The Bertz CT molecular complexity index is 85.0. The number of nitrogens with one attached hydrogen (secondary N) is 1. The van der Waals surface area contributed by atoms with Crippen LogP contribution in [0, 0.1) is 7.05 Å². The summed E-state index contributed by atoms with van der Waals surface area (Å²) < 4.78 is 5.20. The van der Waals surface area contributed by atoms with Gasteiger partial charge in [0.15, 0.2) is 0 Å². The Morgan fingerprint density at radius 3 is 2.89 bits per heavy atom. The number of rotatable bonds is 1. The van der Waals surface area contributed by atoms with Crippen molar-refractivity contribution in [2.75, 3.05) is 20.2 Å². The summed E-state index contributed by atoms with van der Waals surface area (Å²) in [6.07, 6.45) is 2.94. The van der Waals surface area contributed by atoms with Gasteiger partial charge in [-0.15, -0.1) is 0 Å². The molecule has 1 saturated heterocycles. The van der Waals surface area contributed by atoms with Gasteiger partial charge in [0, 0.05) is 7.11 Å². The molecule has 0 bridgehead atoms. The monoisotopic (exact) mass is 129 g/mol. The maximum absolute atomic E-state index is 5.20. The average Bonchev–Trinajstić information content (AvgIpc) is 1.88. The van der Waals surface area contributed by atoms with Crippen LogP contribution in [0.2, 0.25) is 0 Å². The van der Waals surface area contributed by atoms with Gasteiger partial charge in [-0.3, -0.25) is 0 Å². The molecule has 0 saturated carbocycles. The van der Waals surface area contributed by atoms with Crippen LogP contribution in [-0.2, 0) is 4.74 Å². The summed E-state index contributed by atoms with van der Waals surface area (Å²) in [5.41, 5.74) is 0. The highest BCUT2D eigenvalue weighted by molar-refractivity contribution is 4.58. The van der Waals surface area contributed by atoms with Crippen LogP contribution in [-0.4, -0.2) is 26.3 Å². The Balaban J connectivity index is 2.23. The molecule has 1 aliphatic rings. The molecular weight excluding hydrogens is 114 g/mol. The Labute approximate surface area is 56.8 Å². The number of quaternary nitrogens is 1. The van der Waals surface area contributed by atoms with Crippen LogP contribution in [0.3, 0.4) is 0 Å². The Hall–Kier alpha value is -0.0800. The molecule has 0 aromatic heterocycles. The van der Waals surface area contributed by atoms with Gasteiger partial charge in [0.1, 0.15) is 6.10 Å². The van der Waals surface area contributed by atoms with Crippen molar-refractivity contribution in [2.45, 2.75) is 18.9 Å². The molecule has 0 aromatic rings. The first-order valence-corrected chi connectivity index (χ1v) is 3.52. The molecule has 1 fully saturated rings. The van der Waals surface area contributed by atoms with Gasteiger partial charge in [0.25, 0.3) is 0 Å². The molecule has 1 aliphatic heterocycles. The van der Waals surface area contributed by atoms with E-state index in [1.54, 1.807) is 7.11 Å². The minimum Gasteiger partial charge on any atom is -0.466 e. The molecule has 0 aromatic carbocycles.